The van der Waals surface area contributed by atoms with Crippen LogP contribution in [0.4, 0.5) is 0 Å². The smallest absolute Gasteiger partial charge is 0.257 e. The van der Waals surface area contributed by atoms with E-state index in [1.807, 2.05) is 54.6 Å². The molecule has 0 aromatic heterocycles. The van der Waals surface area contributed by atoms with Crippen molar-refractivity contribution >= 4 is 41.4 Å². The molecule has 3 rings (SSSR count). The number of hydrogen-bond donors (Lipinski definition) is 2. The Morgan fingerprint density at radius 2 is 1.65 bits per heavy atom. The van der Waals surface area contributed by atoms with Crippen molar-refractivity contribution in [1.82, 2.24) is 10.7 Å². The Morgan fingerprint density at radius 1 is 0.912 bits per heavy atom. The Bertz CT molecular complexity index is 1070. The first-order chi connectivity index (χ1) is 16.6. The second-order valence-corrected chi connectivity index (χ2v) is 8.78. The third-order valence-corrected chi connectivity index (χ3v) is 5.90. The number of ether oxygens (including phenoxy) is 1. The number of hydrogen-bond acceptors (Lipinski definition) is 5. The molecule has 0 saturated carbocycles. The maximum absolute atomic E-state index is 11.9. The number of nitrogens with zero attached hydrogens (tertiary/aromatic N) is 1. The van der Waals surface area contributed by atoms with Gasteiger partial charge in [0, 0.05) is 17.3 Å². The lowest BCUT2D eigenvalue weighted by Crippen LogP contribution is -2.30. The summed E-state index contributed by atoms with van der Waals surface area (Å²) in [4.78, 5) is 23.9. The van der Waals surface area contributed by atoms with Crippen LogP contribution in [0.2, 0.25) is 5.02 Å². The van der Waals surface area contributed by atoms with Gasteiger partial charge in [0.1, 0.15) is 5.75 Å². The summed E-state index contributed by atoms with van der Waals surface area (Å²) < 4.78 is 5.52. The molecule has 0 bridgehead atoms. The van der Waals surface area contributed by atoms with Crippen molar-refractivity contribution in [2.75, 3.05) is 18.9 Å². The van der Waals surface area contributed by atoms with Gasteiger partial charge in [0.15, 0.2) is 6.61 Å². The molecule has 0 atom stereocenters. The highest BCUT2D eigenvalue weighted by Gasteiger charge is 2.03. The minimum atomic E-state index is -0.173. The molecule has 0 spiro atoms. The Balaban J connectivity index is 1.30. The number of carbonyl (C=O) groups excluding carboxylic acids is 2. The van der Waals surface area contributed by atoms with Crippen molar-refractivity contribution in [3.05, 3.63) is 101 Å². The van der Waals surface area contributed by atoms with E-state index < -0.39 is 0 Å². The summed E-state index contributed by atoms with van der Waals surface area (Å²) in [7, 11) is 0. The lowest BCUT2D eigenvalue weighted by Gasteiger charge is -2.08. The zero-order valence-corrected chi connectivity index (χ0v) is 20.1. The third kappa shape index (κ3) is 9.68. The van der Waals surface area contributed by atoms with Crippen LogP contribution in [0.15, 0.2) is 84.0 Å². The summed E-state index contributed by atoms with van der Waals surface area (Å²) in [6.45, 7) is 0.513. The number of rotatable bonds is 12. The lowest BCUT2D eigenvalue weighted by molar-refractivity contribution is -0.123. The summed E-state index contributed by atoms with van der Waals surface area (Å²) in [5.74, 6) is 1.27. The van der Waals surface area contributed by atoms with Crippen LogP contribution in [-0.2, 0) is 21.8 Å². The van der Waals surface area contributed by atoms with Crippen LogP contribution in [0.1, 0.15) is 16.7 Å². The molecule has 0 radical (unpaired) electrons. The average molecular weight is 496 g/mol. The molecular weight excluding hydrogens is 470 g/mol. The molecular formula is C26H26ClN3O3S. The number of benzene rings is 3. The van der Waals surface area contributed by atoms with Gasteiger partial charge in [0.2, 0.25) is 5.91 Å². The molecule has 176 valence electrons. The number of nitrogens with one attached hydrogen (secondary N) is 2. The molecule has 0 heterocycles. The third-order valence-electron chi connectivity index (χ3n) is 4.65. The zero-order valence-electron chi connectivity index (χ0n) is 18.6. The Labute approximate surface area is 208 Å². The lowest BCUT2D eigenvalue weighted by atomic mass is 10.1. The van der Waals surface area contributed by atoms with Crippen LogP contribution in [0, 0.1) is 0 Å². The van der Waals surface area contributed by atoms with Gasteiger partial charge in [-0.1, -0.05) is 54.1 Å². The van der Waals surface area contributed by atoms with Crippen LogP contribution in [0.5, 0.6) is 5.75 Å². The van der Waals surface area contributed by atoms with E-state index in [0.717, 1.165) is 23.3 Å². The first-order valence-corrected chi connectivity index (χ1v) is 12.3. The topological polar surface area (TPSA) is 79.8 Å². The fraction of sp³-hybridized carbons (Fsp3) is 0.192. The van der Waals surface area contributed by atoms with Gasteiger partial charge < -0.3 is 10.1 Å². The standard InChI is InChI=1S/C26H26ClN3O3S/c27-23-10-6-22(7-11-23)18-34-19-26(32)30-29-16-21-8-12-24(13-9-21)33-17-25(31)28-15-14-20-4-2-1-3-5-20/h1-13,16H,14-15,17-19H2,(H,28,31)(H,30,32)/b29-16-. The quantitative estimate of drug-likeness (QED) is 0.287. The number of halogens is 1. The van der Waals surface area contributed by atoms with E-state index in [1.165, 1.54) is 17.3 Å². The van der Waals surface area contributed by atoms with Gasteiger partial charge in [0.25, 0.3) is 5.91 Å². The fourth-order valence-corrected chi connectivity index (χ4v) is 3.80. The Morgan fingerprint density at radius 3 is 2.38 bits per heavy atom. The molecule has 0 saturated heterocycles. The molecule has 0 aliphatic heterocycles. The number of hydrazone groups is 1. The summed E-state index contributed by atoms with van der Waals surface area (Å²) in [5.41, 5.74) is 5.60. The van der Waals surface area contributed by atoms with E-state index in [-0.39, 0.29) is 18.4 Å². The minimum absolute atomic E-state index is 0.0496. The van der Waals surface area contributed by atoms with Crippen molar-refractivity contribution in [2.24, 2.45) is 5.10 Å². The van der Waals surface area contributed by atoms with Crippen molar-refractivity contribution in [3.8, 4) is 5.75 Å². The highest BCUT2D eigenvalue weighted by atomic mass is 35.5. The summed E-state index contributed by atoms with van der Waals surface area (Å²) in [6, 6.07) is 24.6. The van der Waals surface area contributed by atoms with E-state index in [1.54, 1.807) is 30.5 Å². The highest BCUT2D eigenvalue weighted by Crippen LogP contribution is 2.15. The summed E-state index contributed by atoms with van der Waals surface area (Å²) >= 11 is 7.37. The predicted octanol–water partition coefficient (Wildman–Crippen LogP) is 4.46. The van der Waals surface area contributed by atoms with Gasteiger partial charge in [-0.15, -0.1) is 11.8 Å². The van der Waals surface area contributed by atoms with Crippen LogP contribution >= 0.6 is 23.4 Å². The highest BCUT2D eigenvalue weighted by molar-refractivity contribution is 7.99. The molecule has 6 nitrogen and oxygen atoms in total. The second kappa shape index (κ2) is 14.1. The van der Waals surface area contributed by atoms with E-state index in [0.29, 0.717) is 23.1 Å². The first kappa shape index (κ1) is 25.3. The molecule has 2 amide bonds. The van der Waals surface area contributed by atoms with Gasteiger partial charge in [-0.2, -0.15) is 5.10 Å². The fourth-order valence-electron chi connectivity index (χ4n) is 2.89. The van der Waals surface area contributed by atoms with Crippen molar-refractivity contribution in [1.29, 1.82) is 0 Å². The number of thioether (sulfide) groups is 1. The molecule has 8 heteroatoms. The second-order valence-electron chi connectivity index (χ2n) is 7.36. The van der Waals surface area contributed by atoms with Crippen molar-refractivity contribution in [3.63, 3.8) is 0 Å². The van der Waals surface area contributed by atoms with Crippen LogP contribution in [0.25, 0.3) is 0 Å². The largest absolute Gasteiger partial charge is 0.484 e. The molecule has 34 heavy (non-hydrogen) atoms. The maximum atomic E-state index is 11.9. The first-order valence-electron chi connectivity index (χ1n) is 10.8. The molecule has 0 fully saturated rings. The monoisotopic (exact) mass is 495 g/mol. The van der Waals surface area contributed by atoms with Crippen LogP contribution in [0.3, 0.4) is 0 Å². The zero-order chi connectivity index (χ0) is 24.0. The maximum Gasteiger partial charge on any atom is 0.257 e. The van der Waals surface area contributed by atoms with Gasteiger partial charge in [-0.3, -0.25) is 9.59 Å². The van der Waals surface area contributed by atoms with E-state index >= 15 is 0 Å². The molecule has 3 aromatic carbocycles. The summed E-state index contributed by atoms with van der Waals surface area (Å²) in [5, 5.41) is 7.52. The predicted molar refractivity (Wildman–Crippen MR) is 138 cm³/mol. The van der Waals surface area contributed by atoms with Crippen LogP contribution in [-0.4, -0.2) is 36.9 Å². The molecule has 3 aromatic rings. The van der Waals surface area contributed by atoms with Gasteiger partial charge in [0.05, 0.1) is 12.0 Å². The molecule has 0 unspecified atom stereocenters. The summed E-state index contributed by atoms with van der Waals surface area (Å²) in [6.07, 6.45) is 2.33. The Kier molecular flexibility index (Phi) is 10.5. The SMILES string of the molecule is O=C(COc1ccc(/C=N\NC(=O)CSCc2ccc(Cl)cc2)cc1)NCCc1ccccc1. The van der Waals surface area contributed by atoms with Crippen molar-refractivity contribution in [2.45, 2.75) is 12.2 Å². The van der Waals surface area contributed by atoms with E-state index in [9.17, 15) is 9.59 Å². The minimum Gasteiger partial charge on any atom is -0.484 e. The Hall–Kier alpha value is -3.29. The molecule has 0 aliphatic carbocycles. The van der Waals surface area contributed by atoms with Crippen molar-refractivity contribution < 1.29 is 14.3 Å². The number of carbonyl (C=O) groups is 2. The molecule has 0 aliphatic rings. The molecule has 2 N–H and O–H groups in total. The van der Waals surface area contributed by atoms with Gasteiger partial charge >= 0.3 is 0 Å². The van der Waals surface area contributed by atoms with Gasteiger partial charge in [-0.25, -0.2) is 5.43 Å². The average Bonchev–Trinajstić information content (AvgIpc) is 2.85. The van der Waals surface area contributed by atoms with E-state index in [2.05, 4.69) is 15.8 Å². The van der Waals surface area contributed by atoms with E-state index in [4.69, 9.17) is 16.3 Å². The number of amides is 2. The van der Waals surface area contributed by atoms with Crippen LogP contribution < -0.4 is 15.5 Å². The van der Waals surface area contributed by atoms with Gasteiger partial charge in [-0.05, 0) is 59.5 Å². The normalized spacial score (nSPS) is 10.7.